The average molecular weight is 380 g/mol. The number of nitrogens with zero attached hydrogens (tertiary/aromatic N) is 6. The molecule has 0 unspecified atom stereocenters. The molecule has 3 aromatic rings. The largest absolute Gasteiger partial charge is 0.380 e. The molecule has 0 aliphatic carbocycles. The van der Waals surface area contributed by atoms with Gasteiger partial charge in [-0.25, -0.2) is 9.97 Å². The van der Waals surface area contributed by atoms with Gasteiger partial charge in [0.2, 0.25) is 0 Å². The summed E-state index contributed by atoms with van der Waals surface area (Å²) in [4.78, 5) is 18.2. The van der Waals surface area contributed by atoms with Gasteiger partial charge in [-0.3, -0.25) is 10.1 Å². The van der Waals surface area contributed by atoms with Crippen molar-refractivity contribution in [2.75, 3.05) is 36.6 Å². The van der Waals surface area contributed by atoms with E-state index in [-0.39, 0.29) is 12.1 Å². The molecule has 146 valence electrons. The highest BCUT2D eigenvalue weighted by atomic mass is 16.5. The van der Waals surface area contributed by atoms with Crippen LogP contribution in [0.3, 0.4) is 0 Å². The molecule has 0 radical (unpaired) electrons. The number of H-pyrrole nitrogens is 1. The van der Waals surface area contributed by atoms with E-state index in [9.17, 15) is 0 Å². The molecule has 0 bridgehead atoms. The summed E-state index contributed by atoms with van der Waals surface area (Å²) in [5.74, 6) is 1.58. The van der Waals surface area contributed by atoms with E-state index in [0.29, 0.717) is 12.3 Å². The maximum Gasteiger partial charge on any atom is 0.183 e. The van der Waals surface area contributed by atoms with Gasteiger partial charge in [0.05, 0.1) is 24.2 Å². The molecule has 1 fully saturated rings. The van der Waals surface area contributed by atoms with Crippen LogP contribution in [0.4, 0.5) is 17.3 Å². The highest BCUT2D eigenvalue weighted by Crippen LogP contribution is 2.34. The summed E-state index contributed by atoms with van der Waals surface area (Å²) < 4.78 is 5.45. The molecule has 5 rings (SSSR count). The van der Waals surface area contributed by atoms with E-state index in [1.54, 1.807) is 6.20 Å². The standard InChI is InChI=1S/C19H24N8O/c1-26(14-6-9-28-11-12(14)20)16-10-22-17-18(23-16)24-25-19(17)27-8-3-4-13-15(27)5-2-7-21-13/h2,5,7,10,12,14H,3-4,6,8-9,11,20H2,1H3,(H,23,24,25)/t12-,14+/m1/s1. The Bertz CT molecular complexity index is 989. The number of likely N-dealkylation sites (N-methyl/N-ethyl adjacent to an activating group) is 1. The van der Waals surface area contributed by atoms with Crippen LogP contribution >= 0.6 is 0 Å². The summed E-state index contributed by atoms with van der Waals surface area (Å²) in [5.41, 5.74) is 9.87. The van der Waals surface area contributed by atoms with Crippen LogP contribution < -0.4 is 15.5 Å². The van der Waals surface area contributed by atoms with Crippen LogP contribution in [0.2, 0.25) is 0 Å². The number of hydrogen-bond donors (Lipinski definition) is 2. The van der Waals surface area contributed by atoms with E-state index in [1.807, 2.05) is 19.3 Å². The Morgan fingerprint density at radius 3 is 3.18 bits per heavy atom. The number of nitrogens with one attached hydrogen (secondary N) is 1. The lowest BCUT2D eigenvalue weighted by Crippen LogP contribution is -2.52. The predicted molar refractivity (Wildman–Crippen MR) is 107 cm³/mol. The normalized spacial score (nSPS) is 22.3. The Balaban J connectivity index is 1.48. The number of anilines is 3. The number of aromatic amines is 1. The summed E-state index contributed by atoms with van der Waals surface area (Å²) in [6, 6.07) is 4.19. The van der Waals surface area contributed by atoms with Gasteiger partial charge in [0, 0.05) is 38.5 Å². The maximum absolute atomic E-state index is 6.23. The topological polar surface area (TPSA) is 109 Å². The first-order valence-electron chi connectivity index (χ1n) is 9.71. The van der Waals surface area contributed by atoms with Gasteiger partial charge in [-0.2, -0.15) is 5.10 Å². The first kappa shape index (κ1) is 17.3. The highest BCUT2D eigenvalue weighted by molar-refractivity contribution is 5.87. The van der Waals surface area contributed by atoms with E-state index in [4.69, 9.17) is 20.4 Å². The zero-order valence-electron chi connectivity index (χ0n) is 15.9. The molecule has 2 aliphatic heterocycles. The van der Waals surface area contributed by atoms with Crippen LogP contribution in [-0.4, -0.2) is 64.0 Å². The van der Waals surface area contributed by atoms with E-state index in [1.165, 1.54) is 0 Å². The second-order valence-electron chi connectivity index (χ2n) is 7.40. The number of aryl methyl sites for hydroxylation is 1. The van der Waals surface area contributed by atoms with Gasteiger partial charge in [-0.1, -0.05) is 0 Å². The Labute approximate surface area is 162 Å². The van der Waals surface area contributed by atoms with Crippen LogP contribution in [0.15, 0.2) is 24.5 Å². The number of fused-ring (bicyclic) bond motifs is 2. The molecule has 5 heterocycles. The molecule has 0 spiro atoms. The van der Waals surface area contributed by atoms with Crippen molar-refractivity contribution in [3.05, 3.63) is 30.2 Å². The lowest BCUT2D eigenvalue weighted by atomic mass is 10.0. The van der Waals surface area contributed by atoms with Crippen LogP contribution in [0.1, 0.15) is 18.5 Å². The first-order valence-corrected chi connectivity index (χ1v) is 9.71. The lowest BCUT2D eigenvalue weighted by molar-refractivity contribution is 0.0698. The lowest BCUT2D eigenvalue weighted by Gasteiger charge is -2.36. The van der Waals surface area contributed by atoms with Crippen molar-refractivity contribution >= 4 is 28.5 Å². The van der Waals surface area contributed by atoms with Crippen molar-refractivity contribution in [1.82, 2.24) is 25.1 Å². The van der Waals surface area contributed by atoms with E-state index in [0.717, 1.165) is 60.9 Å². The fourth-order valence-corrected chi connectivity index (χ4v) is 4.15. The van der Waals surface area contributed by atoms with Crippen molar-refractivity contribution in [3.8, 4) is 0 Å². The molecule has 0 aromatic carbocycles. The number of aromatic nitrogens is 5. The Morgan fingerprint density at radius 1 is 1.36 bits per heavy atom. The minimum absolute atomic E-state index is 0.0362. The van der Waals surface area contributed by atoms with Gasteiger partial charge in [0.25, 0.3) is 0 Å². The first-order chi connectivity index (χ1) is 13.7. The predicted octanol–water partition coefficient (Wildman–Crippen LogP) is 1.38. The molecule has 0 amide bonds. The minimum Gasteiger partial charge on any atom is -0.380 e. The third-order valence-corrected chi connectivity index (χ3v) is 5.67. The molecule has 3 aromatic heterocycles. The van der Waals surface area contributed by atoms with Crippen LogP contribution in [0.25, 0.3) is 11.2 Å². The Hall–Kier alpha value is -2.78. The molecule has 1 saturated heterocycles. The van der Waals surface area contributed by atoms with Gasteiger partial charge in [-0.15, -0.1) is 0 Å². The molecule has 2 aliphatic rings. The third-order valence-electron chi connectivity index (χ3n) is 5.67. The highest BCUT2D eigenvalue weighted by Gasteiger charge is 2.28. The van der Waals surface area contributed by atoms with E-state index in [2.05, 4.69) is 31.0 Å². The summed E-state index contributed by atoms with van der Waals surface area (Å²) in [6.45, 7) is 2.18. The number of ether oxygens (including phenoxy) is 1. The van der Waals surface area contributed by atoms with Crippen molar-refractivity contribution in [1.29, 1.82) is 0 Å². The number of pyridine rings is 1. The maximum atomic E-state index is 6.23. The molecule has 3 N–H and O–H groups in total. The summed E-state index contributed by atoms with van der Waals surface area (Å²) in [7, 11) is 2.01. The van der Waals surface area contributed by atoms with Crippen molar-refractivity contribution in [3.63, 3.8) is 0 Å². The number of hydrogen-bond acceptors (Lipinski definition) is 8. The van der Waals surface area contributed by atoms with Crippen molar-refractivity contribution in [2.24, 2.45) is 5.73 Å². The quantitative estimate of drug-likeness (QED) is 0.701. The smallest absolute Gasteiger partial charge is 0.183 e. The van der Waals surface area contributed by atoms with E-state index >= 15 is 0 Å². The molecular weight excluding hydrogens is 356 g/mol. The number of rotatable bonds is 3. The van der Waals surface area contributed by atoms with Gasteiger partial charge in [0.1, 0.15) is 5.82 Å². The third kappa shape index (κ3) is 2.87. The molecule has 9 heteroatoms. The fraction of sp³-hybridized carbons (Fsp3) is 0.474. The molecular formula is C19H24N8O. The molecule has 28 heavy (non-hydrogen) atoms. The second kappa shape index (κ2) is 6.99. The van der Waals surface area contributed by atoms with Gasteiger partial charge < -0.3 is 20.3 Å². The van der Waals surface area contributed by atoms with Gasteiger partial charge in [0.15, 0.2) is 17.0 Å². The van der Waals surface area contributed by atoms with Crippen molar-refractivity contribution in [2.45, 2.75) is 31.3 Å². The van der Waals surface area contributed by atoms with Crippen LogP contribution in [0, 0.1) is 0 Å². The Morgan fingerprint density at radius 2 is 2.29 bits per heavy atom. The van der Waals surface area contributed by atoms with Crippen LogP contribution in [0.5, 0.6) is 0 Å². The molecule has 2 atom stereocenters. The second-order valence-corrected chi connectivity index (χ2v) is 7.40. The van der Waals surface area contributed by atoms with Gasteiger partial charge >= 0.3 is 0 Å². The summed E-state index contributed by atoms with van der Waals surface area (Å²) in [6.07, 6.45) is 6.55. The zero-order chi connectivity index (χ0) is 19.1. The zero-order valence-corrected chi connectivity index (χ0v) is 15.9. The van der Waals surface area contributed by atoms with Crippen molar-refractivity contribution < 1.29 is 4.74 Å². The number of nitrogens with two attached hydrogens (primary N) is 1. The monoisotopic (exact) mass is 380 g/mol. The van der Waals surface area contributed by atoms with E-state index < -0.39 is 0 Å². The SMILES string of the molecule is CN(c1cnc2c(N3CCCc4ncccc43)n[nH]c2n1)[C@H]1CCOC[C@H]1N. The average Bonchev–Trinajstić information content (AvgIpc) is 3.16. The fourth-order valence-electron chi connectivity index (χ4n) is 4.15. The molecule has 9 nitrogen and oxygen atoms in total. The summed E-state index contributed by atoms with van der Waals surface area (Å²) >= 11 is 0. The van der Waals surface area contributed by atoms with Crippen LogP contribution in [-0.2, 0) is 11.2 Å². The van der Waals surface area contributed by atoms with Gasteiger partial charge in [-0.05, 0) is 31.4 Å². The Kier molecular flexibility index (Phi) is 4.33. The minimum atomic E-state index is -0.0362. The molecule has 0 saturated carbocycles. The summed E-state index contributed by atoms with van der Waals surface area (Å²) in [5, 5.41) is 7.59.